The molecule has 0 aromatic carbocycles. The van der Waals surface area contributed by atoms with Gasteiger partial charge >= 0.3 is 5.97 Å². The first-order chi connectivity index (χ1) is 10.6. The highest BCUT2D eigenvalue weighted by Gasteiger charge is 2.30. The molecule has 0 bridgehead atoms. The van der Waals surface area contributed by atoms with Gasteiger partial charge in [-0.2, -0.15) is 0 Å². The predicted molar refractivity (Wildman–Crippen MR) is 82.8 cm³/mol. The Balaban J connectivity index is 1.56. The maximum Gasteiger partial charge on any atom is 0.323 e. The molecule has 3 heterocycles. The van der Waals surface area contributed by atoms with Crippen LogP contribution >= 0.6 is 0 Å². The minimum Gasteiger partial charge on any atom is -0.480 e. The van der Waals surface area contributed by atoms with E-state index < -0.39 is 5.97 Å². The first-order valence-corrected chi connectivity index (χ1v) is 7.82. The number of aliphatic carboxylic acids is 1. The normalized spacial score (nSPS) is 22.5. The SMILES string of the molecule is CN(CC(=O)O)c1ncc(CN2CCN3CCC[C@@H]3C2)cn1. The largest absolute Gasteiger partial charge is 0.480 e. The van der Waals surface area contributed by atoms with Crippen molar-refractivity contribution in [2.75, 3.05) is 44.7 Å². The van der Waals surface area contributed by atoms with E-state index in [1.807, 2.05) is 12.4 Å². The number of hydrogen-bond donors (Lipinski definition) is 1. The number of anilines is 1. The Morgan fingerprint density at radius 1 is 1.36 bits per heavy atom. The molecule has 2 saturated heterocycles. The number of likely N-dealkylation sites (N-methyl/N-ethyl adjacent to an activating group) is 1. The summed E-state index contributed by atoms with van der Waals surface area (Å²) in [6, 6.07) is 0.718. The van der Waals surface area contributed by atoms with Crippen LogP contribution in [-0.4, -0.2) is 76.7 Å². The van der Waals surface area contributed by atoms with Gasteiger partial charge in [-0.1, -0.05) is 0 Å². The van der Waals surface area contributed by atoms with Gasteiger partial charge in [0, 0.05) is 57.2 Å². The van der Waals surface area contributed by atoms with Crippen molar-refractivity contribution in [3.05, 3.63) is 18.0 Å². The van der Waals surface area contributed by atoms with Gasteiger partial charge in [-0.3, -0.25) is 14.6 Å². The highest BCUT2D eigenvalue weighted by Crippen LogP contribution is 2.22. The molecule has 0 saturated carbocycles. The molecule has 2 fully saturated rings. The van der Waals surface area contributed by atoms with Crippen LogP contribution in [0, 0.1) is 0 Å². The Labute approximate surface area is 130 Å². The van der Waals surface area contributed by atoms with Crippen LogP contribution < -0.4 is 4.90 Å². The Hall–Kier alpha value is -1.73. The summed E-state index contributed by atoms with van der Waals surface area (Å²) in [6.07, 6.45) is 6.25. The van der Waals surface area contributed by atoms with Crippen LogP contribution in [0.4, 0.5) is 5.95 Å². The van der Waals surface area contributed by atoms with Crippen molar-refractivity contribution in [2.45, 2.75) is 25.4 Å². The predicted octanol–water partition coefficient (Wildman–Crippen LogP) is 0.277. The fourth-order valence-electron chi connectivity index (χ4n) is 3.36. The van der Waals surface area contributed by atoms with Crippen molar-refractivity contribution in [3.8, 4) is 0 Å². The average Bonchev–Trinajstić information content (AvgIpc) is 2.95. The van der Waals surface area contributed by atoms with Gasteiger partial charge in [0.05, 0.1) is 0 Å². The first-order valence-electron chi connectivity index (χ1n) is 7.82. The Bertz CT molecular complexity index is 521. The van der Waals surface area contributed by atoms with E-state index in [1.165, 1.54) is 24.3 Å². The van der Waals surface area contributed by atoms with Crippen LogP contribution in [0.2, 0.25) is 0 Å². The number of hydrogen-bond acceptors (Lipinski definition) is 6. The van der Waals surface area contributed by atoms with Crippen molar-refractivity contribution in [2.24, 2.45) is 0 Å². The maximum absolute atomic E-state index is 10.7. The van der Waals surface area contributed by atoms with Crippen LogP contribution in [0.25, 0.3) is 0 Å². The van der Waals surface area contributed by atoms with E-state index in [-0.39, 0.29) is 6.54 Å². The molecule has 0 radical (unpaired) electrons. The smallest absolute Gasteiger partial charge is 0.323 e. The molecule has 1 atom stereocenters. The zero-order chi connectivity index (χ0) is 15.5. The molecule has 1 aromatic heterocycles. The second-order valence-corrected chi connectivity index (χ2v) is 6.21. The standard InChI is InChI=1S/C15H23N5O2/c1-18(11-14(21)22)15-16-7-12(8-17-15)9-19-5-6-20-4-2-3-13(20)10-19/h7-8,13H,2-6,9-11H2,1H3,(H,21,22)/t13-/m1/s1. The summed E-state index contributed by atoms with van der Waals surface area (Å²) in [5, 5.41) is 8.78. The van der Waals surface area contributed by atoms with Gasteiger partial charge in [-0.25, -0.2) is 9.97 Å². The summed E-state index contributed by atoms with van der Waals surface area (Å²) in [5.41, 5.74) is 1.08. The van der Waals surface area contributed by atoms with Gasteiger partial charge in [0.15, 0.2) is 0 Å². The van der Waals surface area contributed by atoms with E-state index in [0.717, 1.165) is 37.8 Å². The molecule has 2 aliphatic heterocycles. The summed E-state index contributed by atoms with van der Waals surface area (Å²) in [4.78, 5) is 25.8. The van der Waals surface area contributed by atoms with Crippen molar-refractivity contribution in [3.63, 3.8) is 0 Å². The molecule has 3 rings (SSSR count). The van der Waals surface area contributed by atoms with Crippen LogP contribution in [-0.2, 0) is 11.3 Å². The van der Waals surface area contributed by atoms with Gasteiger partial charge in [0.1, 0.15) is 6.54 Å². The topological polar surface area (TPSA) is 72.8 Å². The first kappa shape index (κ1) is 15.2. The Kier molecular flexibility index (Phi) is 4.54. The lowest BCUT2D eigenvalue weighted by molar-refractivity contribution is -0.135. The highest BCUT2D eigenvalue weighted by molar-refractivity contribution is 5.72. The number of carboxylic acid groups (broad SMARTS) is 1. The average molecular weight is 305 g/mol. The van der Waals surface area contributed by atoms with E-state index in [2.05, 4.69) is 19.8 Å². The lowest BCUT2D eigenvalue weighted by Gasteiger charge is -2.37. The van der Waals surface area contributed by atoms with E-state index in [9.17, 15) is 4.79 Å². The lowest BCUT2D eigenvalue weighted by Crippen LogP contribution is -2.49. The molecule has 0 unspecified atom stereocenters. The van der Waals surface area contributed by atoms with Gasteiger partial charge in [0.2, 0.25) is 5.95 Å². The number of carboxylic acids is 1. The zero-order valence-electron chi connectivity index (χ0n) is 13.0. The summed E-state index contributed by atoms with van der Waals surface area (Å²) in [7, 11) is 1.68. The van der Waals surface area contributed by atoms with E-state index in [4.69, 9.17) is 5.11 Å². The van der Waals surface area contributed by atoms with Gasteiger partial charge in [-0.15, -0.1) is 0 Å². The van der Waals surface area contributed by atoms with Crippen molar-refractivity contribution >= 4 is 11.9 Å². The second kappa shape index (κ2) is 6.58. The Morgan fingerprint density at radius 2 is 2.14 bits per heavy atom. The fraction of sp³-hybridized carbons (Fsp3) is 0.667. The third kappa shape index (κ3) is 3.53. The molecule has 7 heteroatoms. The number of piperazine rings is 1. The number of rotatable bonds is 5. The van der Waals surface area contributed by atoms with Gasteiger partial charge in [-0.05, 0) is 19.4 Å². The minimum atomic E-state index is -0.885. The van der Waals surface area contributed by atoms with E-state index in [1.54, 1.807) is 7.05 Å². The van der Waals surface area contributed by atoms with Crippen LogP contribution in [0.3, 0.4) is 0 Å². The van der Waals surface area contributed by atoms with Crippen molar-refractivity contribution < 1.29 is 9.90 Å². The van der Waals surface area contributed by atoms with Crippen LogP contribution in [0.5, 0.6) is 0 Å². The number of carbonyl (C=O) groups is 1. The van der Waals surface area contributed by atoms with Gasteiger partial charge < -0.3 is 10.0 Å². The molecule has 7 nitrogen and oxygen atoms in total. The number of fused-ring (bicyclic) bond motifs is 1. The second-order valence-electron chi connectivity index (χ2n) is 6.21. The molecule has 0 aliphatic carbocycles. The van der Waals surface area contributed by atoms with E-state index >= 15 is 0 Å². The van der Waals surface area contributed by atoms with E-state index in [0.29, 0.717) is 5.95 Å². The fourth-order valence-corrected chi connectivity index (χ4v) is 3.36. The lowest BCUT2D eigenvalue weighted by atomic mass is 10.1. The number of aromatic nitrogens is 2. The molecular formula is C15H23N5O2. The Morgan fingerprint density at radius 3 is 2.86 bits per heavy atom. The third-order valence-electron chi connectivity index (χ3n) is 4.48. The quantitative estimate of drug-likeness (QED) is 0.837. The van der Waals surface area contributed by atoms with Crippen LogP contribution in [0.15, 0.2) is 12.4 Å². The zero-order valence-corrected chi connectivity index (χ0v) is 13.0. The molecule has 2 aliphatic rings. The highest BCUT2D eigenvalue weighted by atomic mass is 16.4. The summed E-state index contributed by atoms with van der Waals surface area (Å²) in [5.74, 6) is -0.434. The molecule has 120 valence electrons. The summed E-state index contributed by atoms with van der Waals surface area (Å²) < 4.78 is 0. The maximum atomic E-state index is 10.7. The summed E-state index contributed by atoms with van der Waals surface area (Å²) in [6.45, 7) is 5.41. The number of nitrogens with zero attached hydrogens (tertiary/aromatic N) is 5. The molecule has 0 amide bonds. The monoisotopic (exact) mass is 305 g/mol. The third-order valence-corrected chi connectivity index (χ3v) is 4.48. The molecule has 22 heavy (non-hydrogen) atoms. The molecule has 0 spiro atoms. The van der Waals surface area contributed by atoms with Crippen molar-refractivity contribution in [1.82, 2.24) is 19.8 Å². The van der Waals surface area contributed by atoms with Crippen molar-refractivity contribution in [1.29, 1.82) is 0 Å². The van der Waals surface area contributed by atoms with Crippen LogP contribution in [0.1, 0.15) is 18.4 Å². The summed E-state index contributed by atoms with van der Waals surface area (Å²) >= 11 is 0. The molecule has 1 N–H and O–H groups in total. The van der Waals surface area contributed by atoms with Gasteiger partial charge in [0.25, 0.3) is 0 Å². The molecule has 1 aromatic rings. The molecular weight excluding hydrogens is 282 g/mol. The minimum absolute atomic E-state index is 0.0943.